The van der Waals surface area contributed by atoms with Crippen molar-refractivity contribution in [3.8, 4) is 33.6 Å². The molecule has 0 spiro atoms. The number of hydrogen-bond donors (Lipinski definition) is 0. The van der Waals surface area contributed by atoms with Gasteiger partial charge in [0.05, 0.1) is 34.7 Å². The molecule has 3 aromatic heterocycles. The van der Waals surface area contributed by atoms with Gasteiger partial charge in [-0.05, 0) is 34.1 Å². The van der Waals surface area contributed by atoms with Crippen LogP contribution in [0.25, 0.3) is 39.3 Å². The molecule has 0 aliphatic heterocycles. The summed E-state index contributed by atoms with van der Waals surface area (Å²) in [5.41, 5.74) is 6.56. The lowest BCUT2D eigenvalue weighted by Gasteiger charge is -2.18. The number of fused-ring (bicyclic) bond motifs is 1. The summed E-state index contributed by atoms with van der Waals surface area (Å²) in [6, 6.07) is 21.3. The van der Waals surface area contributed by atoms with Gasteiger partial charge in [0, 0.05) is 42.5 Å². The molecule has 8 heteroatoms. The lowest BCUT2D eigenvalue weighted by atomic mass is 10.1. The van der Waals surface area contributed by atoms with E-state index in [1.807, 2.05) is 90.5 Å². The van der Waals surface area contributed by atoms with Gasteiger partial charge in [-0.1, -0.05) is 48.5 Å². The van der Waals surface area contributed by atoms with Crippen molar-refractivity contribution in [2.75, 3.05) is 26.1 Å². The molecule has 0 aliphatic carbocycles. The Morgan fingerprint density at radius 1 is 0.914 bits per heavy atom. The van der Waals surface area contributed by atoms with Crippen LogP contribution in [0.2, 0.25) is 0 Å². The monoisotopic (exact) mass is 527 g/mol. The number of carbonyl (C=O) groups excluding carboxylic acids is 1. The fraction of sp³-hybridized carbons (Fsp3) is 0.111. The Hall–Kier alpha value is -4.04. The number of methoxy groups -OCH3 is 1. The molecule has 0 unspecified atom stereocenters. The van der Waals surface area contributed by atoms with Crippen molar-refractivity contribution in [3.63, 3.8) is 0 Å². The van der Waals surface area contributed by atoms with Crippen LogP contribution >= 0.6 is 15.9 Å². The molecule has 0 N–H and O–H groups in total. The van der Waals surface area contributed by atoms with Gasteiger partial charge >= 0.3 is 5.97 Å². The van der Waals surface area contributed by atoms with Gasteiger partial charge in [-0.25, -0.2) is 9.78 Å². The summed E-state index contributed by atoms with van der Waals surface area (Å²) in [7, 11) is 5.29. The lowest BCUT2D eigenvalue weighted by Crippen LogP contribution is -2.15. The molecule has 0 saturated heterocycles. The van der Waals surface area contributed by atoms with Gasteiger partial charge in [0.1, 0.15) is 5.82 Å². The van der Waals surface area contributed by atoms with E-state index in [-0.39, 0.29) is 5.97 Å². The molecule has 0 bridgehead atoms. The molecule has 5 rings (SSSR count). The van der Waals surface area contributed by atoms with E-state index in [0.29, 0.717) is 11.2 Å². The van der Waals surface area contributed by atoms with E-state index in [2.05, 4.69) is 26.0 Å². The van der Waals surface area contributed by atoms with Gasteiger partial charge < -0.3 is 9.64 Å². The first-order chi connectivity index (χ1) is 17.0. The highest BCUT2D eigenvalue weighted by atomic mass is 79.9. The van der Waals surface area contributed by atoms with Crippen LogP contribution in [0.15, 0.2) is 83.6 Å². The molecule has 0 fully saturated rings. The first-order valence-corrected chi connectivity index (χ1v) is 11.7. The fourth-order valence-corrected chi connectivity index (χ4v) is 4.79. The average molecular weight is 528 g/mol. The number of anilines is 1. The zero-order valence-corrected chi connectivity index (χ0v) is 21.0. The first kappa shape index (κ1) is 22.7. The lowest BCUT2D eigenvalue weighted by molar-refractivity contribution is 0.0600. The third-order valence-electron chi connectivity index (χ3n) is 5.71. The molecule has 35 heavy (non-hydrogen) atoms. The molecule has 2 aromatic carbocycles. The zero-order chi connectivity index (χ0) is 24.5. The van der Waals surface area contributed by atoms with Crippen LogP contribution in [0.3, 0.4) is 0 Å². The molecule has 0 atom stereocenters. The van der Waals surface area contributed by atoms with E-state index in [1.165, 1.54) is 7.11 Å². The summed E-state index contributed by atoms with van der Waals surface area (Å²) in [6.45, 7) is 0. The smallest absolute Gasteiger partial charge is 0.337 e. The van der Waals surface area contributed by atoms with Crippen molar-refractivity contribution in [3.05, 3.63) is 89.2 Å². The third-order valence-corrected chi connectivity index (χ3v) is 6.44. The van der Waals surface area contributed by atoms with Gasteiger partial charge in [0.15, 0.2) is 5.65 Å². The molecule has 0 radical (unpaired) electrons. The van der Waals surface area contributed by atoms with Crippen LogP contribution in [-0.2, 0) is 4.74 Å². The number of halogens is 1. The summed E-state index contributed by atoms with van der Waals surface area (Å²) in [6.07, 6.45) is 3.66. The number of hydrogen-bond acceptors (Lipinski definition) is 6. The maximum Gasteiger partial charge on any atom is 0.337 e. The minimum Gasteiger partial charge on any atom is -0.465 e. The molecule has 7 nitrogen and oxygen atoms in total. The second-order valence-corrected chi connectivity index (χ2v) is 8.95. The highest BCUT2D eigenvalue weighted by Gasteiger charge is 2.20. The molecule has 0 aliphatic rings. The van der Waals surface area contributed by atoms with Crippen LogP contribution in [-0.4, -0.2) is 46.8 Å². The standard InChI is InChI=1S/C27H22BrN5O2/c1-32(2)26-23(28)24(18-9-11-19(12-10-18)27(34)35-3)31-25-21(16-30-33(25)26)20-13-14-22(29-15-20)17-7-5-4-6-8-17/h4-16H,1-3H3. The highest BCUT2D eigenvalue weighted by molar-refractivity contribution is 9.10. The highest BCUT2D eigenvalue weighted by Crippen LogP contribution is 2.37. The minimum absolute atomic E-state index is 0.377. The predicted molar refractivity (Wildman–Crippen MR) is 140 cm³/mol. The summed E-state index contributed by atoms with van der Waals surface area (Å²) in [4.78, 5) is 23.5. The Balaban J connectivity index is 1.63. The molecule has 5 aromatic rings. The van der Waals surface area contributed by atoms with E-state index in [0.717, 1.165) is 43.9 Å². The number of pyridine rings is 1. The molecule has 3 heterocycles. The second-order valence-electron chi connectivity index (χ2n) is 8.15. The number of ether oxygens (including phenoxy) is 1. The summed E-state index contributed by atoms with van der Waals surface area (Å²) in [5.74, 6) is 0.472. The Bertz CT molecular complexity index is 1510. The topological polar surface area (TPSA) is 72.6 Å². The van der Waals surface area contributed by atoms with Crippen molar-refractivity contribution in [2.45, 2.75) is 0 Å². The number of esters is 1. The Morgan fingerprint density at radius 3 is 2.26 bits per heavy atom. The van der Waals surface area contributed by atoms with Gasteiger partial charge in [0.25, 0.3) is 0 Å². The Labute approximate surface area is 211 Å². The normalized spacial score (nSPS) is 11.0. The Morgan fingerprint density at radius 2 is 1.63 bits per heavy atom. The van der Waals surface area contributed by atoms with Gasteiger partial charge in [-0.15, -0.1) is 0 Å². The molecule has 0 amide bonds. The number of aromatic nitrogens is 4. The molecular weight excluding hydrogens is 506 g/mol. The zero-order valence-electron chi connectivity index (χ0n) is 19.4. The maximum atomic E-state index is 11.9. The van der Waals surface area contributed by atoms with Crippen LogP contribution in [0, 0.1) is 0 Å². The van der Waals surface area contributed by atoms with Crippen LogP contribution < -0.4 is 4.90 Å². The fourth-order valence-electron chi connectivity index (χ4n) is 3.95. The molecule has 174 valence electrons. The van der Waals surface area contributed by atoms with Gasteiger partial charge in [0.2, 0.25) is 0 Å². The predicted octanol–water partition coefficient (Wildman–Crippen LogP) is 5.74. The van der Waals surface area contributed by atoms with Crippen LogP contribution in [0.5, 0.6) is 0 Å². The maximum absolute atomic E-state index is 11.9. The average Bonchev–Trinajstić information content (AvgIpc) is 3.31. The minimum atomic E-state index is -0.377. The second kappa shape index (κ2) is 9.31. The van der Waals surface area contributed by atoms with Crippen molar-refractivity contribution >= 4 is 33.4 Å². The van der Waals surface area contributed by atoms with Crippen molar-refractivity contribution in [1.29, 1.82) is 0 Å². The number of benzene rings is 2. The van der Waals surface area contributed by atoms with Crippen molar-refractivity contribution < 1.29 is 9.53 Å². The summed E-state index contributed by atoms with van der Waals surface area (Å²) in [5, 5.41) is 4.63. The van der Waals surface area contributed by atoms with E-state index in [9.17, 15) is 4.79 Å². The summed E-state index contributed by atoms with van der Waals surface area (Å²) >= 11 is 3.73. The van der Waals surface area contributed by atoms with E-state index in [4.69, 9.17) is 9.72 Å². The number of nitrogens with zero attached hydrogens (tertiary/aromatic N) is 5. The van der Waals surface area contributed by atoms with Gasteiger partial charge in [-0.2, -0.15) is 9.61 Å². The van der Waals surface area contributed by atoms with Crippen molar-refractivity contribution in [2.24, 2.45) is 0 Å². The third kappa shape index (κ3) is 4.17. The van der Waals surface area contributed by atoms with Crippen molar-refractivity contribution in [1.82, 2.24) is 19.6 Å². The SMILES string of the molecule is COC(=O)c1ccc(-c2nc3c(-c4ccc(-c5ccccc5)nc4)cnn3c(N(C)C)c2Br)cc1. The number of carbonyl (C=O) groups is 1. The number of rotatable bonds is 5. The van der Waals surface area contributed by atoms with E-state index >= 15 is 0 Å². The quantitative estimate of drug-likeness (QED) is 0.271. The Kier molecular flexibility index (Phi) is 6.05. The van der Waals surface area contributed by atoms with Crippen LogP contribution in [0.1, 0.15) is 10.4 Å². The largest absolute Gasteiger partial charge is 0.465 e. The van der Waals surface area contributed by atoms with E-state index in [1.54, 1.807) is 12.1 Å². The van der Waals surface area contributed by atoms with E-state index < -0.39 is 0 Å². The molecular formula is C27H22BrN5O2. The first-order valence-electron chi connectivity index (χ1n) is 10.9. The summed E-state index contributed by atoms with van der Waals surface area (Å²) < 4.78 is 7.43. The molecule has 0 saturated carbocycles. The van der Waals surface area contributed by atoms with Gasteiger partial charge in [-0.3, -0.25) is 4.98 Å². The van der Waals surface area contributed by atoms with Crippen LogP contribution in [0.4, 0.5) is 5.82 Å².